The first-order valence-corrected chi connectivity index (χ1v) is 6.77. The molecule has 1 heterocycles. The summed E-state index contributed by atoms with van der Waals surface area (Å²) < 4.78 is 2.12. The van der Waals surface area contributed by atoms with Crippen molar-refractivity contribution in [3.63, 3.8) is 0 Å². The van der Waals surface area contributed by atoms with E-state index in [9.17, 15) is 4.79 Å². The van der Waals surface area contributed by atoms with Gasteiger partial charge in [-0.2, -0.15) is 0 Å². The molecule has 0 bridgehead atoms. The Bertz CT molecular complexity index is 645. The van der Waals surface area contributed by atoms with Crippen molar-refractivity contribution in [2.24, 2.45) is 13.0 Å². The molecule has 4 heteroatoms. The van der Waals surface area contributed by atoms with Gasteiger partial charge >= 0.3 is 5.97 Å². The highest BCUT2D eigenvalue weighted by Gasteiger charge is 2.28. The van der Waals surface area contributed by atoms with Gasteiger partial charge in [0.05, 0.1) is 16.6 Å². The molecule has 1 aliphatic carbocycles. The number of aromatic carboxylic acids is 1. The molecule has 0 amide bonds. The number of benzene rings is 1. The van der Waals surface area contributed by atoms with E-state index < -0.39 is 5.97 Å². The number of carbonyl (C=O) groups is 1. The number of hydrogen-bond acceptors (Lipinski definition) is 2. The second-order valence-electron chi connectivity index (χ2n) is 5.55. The van der Waals surface area contributed by atoms with Crippen LogP contribution in [0.4, 0.5) is 0 Å². The molecule has 0 radical (unpaired) electrons. The van der Waals surface area contributed by atoms with Crippen molar-refractivity contribution in [3.05, 3.63) is 29.6 Å². The summed E-state index contributed by atoms with van der Waals surface area (Å²) in [6.45, 7) is 2.28. The first-order chi connectivity index (χ1) is 9.08. The SMILES string of the molecule is CC1CCCC1c1nc2cc(C(=O)O)ccc2n1C. The first kappa shape index (κ1) is 12.2. The summed E-state index contributed by atoms with van der Waals surface area (Å²) in [7, 11) is 2.02. The molecule has 1 N–H and O–H groups in total. The Kier molecular flexibility index (Phi) is 2.81. The predicted octanol–water partition coefficient (Wildman–Crippen LogP) is 3.18. The fraction of sp³-hybridized carbons (Fsp3) is 0.467. The van der Waals surface area contributed by atoms with Crippen molar-refractivity contribution < 1.29 is 9.90 Å². The van der Waals surface area contributed by atoms with Gasteiger partial charge < -0.3 is 9.67 Å². The maximum absolute atomic E-state index is 11.0. The van der Waals surface area contributed by atoms with Crippen LogP contribution in [0.15, 0.2) is 18.2 Å². The molecule has 0 saturated heterocycles. The van der Waals surface area contributed by atoms with Crippen LogP contribution in [0.1, 0.15) is 48.3 Å². The van der Waals surface area contributed by atoms with Gasteiger partial charge in [-0.25, -0.2) is 9.78 Å². The molecule has 1 aromatic heterocycles. The summed E-state index contributed by atoms with van der Waals surface area (Å²) in [4.78, 5) is 15.7. The van der Waals surface area contributed by atoms with Crippen molar-refractivity contribution in [2.45, 2.75) is 32.1 Å². The first-order valence-electron chi connectivity index (χ1n) is 6.77. The van der Waals surface area contributed by atoms with Crippen LogP contribution in [0.3, 0.4) is 0 Å². The summed E-state index contributed by atoms with van der Waals surface area (Å²) in [5.41, 5.74) is 2.10. The lowest BCUT2D eigenvalue weighted by Crippen LogP contribution is -2.08. The van der Waals surface area contributed by atoms with Crippen molar-refractivity contribution >= 4 is 17.0 Å². The lowest BCUT2D eigenvalue weighted by molar-refractivity contribution is 0.0697. The lowest BCUT2D eigenvalue weighted by atomic mass is 9.97. The second-order valence-corrected chi connectivity index (χ2v) is 5.55. The van der Waals surface area contributed by atoms with E-state index in [1.54, 1.807) is 12.1 Å². The van der Waals surface area contributed by atoms with Crippen LogP contribution in [0, 0.1) is 5.92 Å². The number of nitrogens with zero attached hydrogens (tertiary/aromatic N) is 2. The molecule has 1 aromatic carbocycles. The lowest BCUT2D eigenvalue weighted by Gasteiger charge is -2.14. The standard InChI is InChI=1S/C15H18N2O2/c1-9-4-3-5-11(9)14-16-12-8-10(15(18)19)6-7-13(12)17(14)2/h6-9,11H,3-5H2,1-2H3,(H,18,19). The third-order valence-corrected chi connectivity index (χ3v) is 4.36. The van der Waals surface area contributed by atoms with Gasteiger partial charge in [0, 0.05) is 13.0 Å². The fourth-order valence-corrected chi connectivity index (χ4v) is 3.21. The van der Waals surface area contributed by atoms with E-state index in [0.717, 1.165) is 16.9 Å². The highest BCUT2D eigenvalue weighted by Crippen LogP contribution is 2.39. The highest BCUT2D eigenvalue weighted by molar-refractivity contribution is 5.92. The van der Waals surface area contributed by atoms with E-state index in [2.05, 4.69) is 16.5 Å². The molecule has 0 spiro atoms. The molecule has 0 aliphatic heterocycles. The number of rotatable bonds is 2. The van der Waals surface area contributed by atoms with Gasteiger partial charge in [-0.1, -0.05) is 13.3 Å². The van der Waals surface area contributed by atoms with Gasteiger partial charge in [-0.3, -0.25) is 0 Å². The van der Waals surface area contributed by atoms with E-state index in [1.165, 1.54) is 19.3 Å². The quantitative estimate of drug-likeness (QED) is 0.900. The van der Waals surface area contributed by atoms with Crippen molar-refractivity contribution in [1.82, 2.24) is 9.55 Å². The number of aryl methyl sites for hydroxylation is 1. The second kappa shape index (κ2) is 4.37. The van der Waals surface area contributed by atoms with E-state index in [4.69, 9.17) is 5.11 Å². The Morgan fingerprint density at radius 1 is 1.42 bits per heavy atom. The van der Waals surface area contributed by atoms with Crippen LogP contribution >= 0.6 is 0 Å². The predicted molar refractivity (Wildman–Crippen MR) is 73.4 cm³/mol. The smallest absolute Gasteiger partial charge is 0.335 e. The fourth-order valence-electron chi connectivity index (χ4n) is 3.21. The largest absolute Gasteiger partial charge is 0.478 e. The molecule has 2 atom stereocenters. The molecule has 19 heavy (non-hydrogen) atoms. The van der Waals surface area contributed by atoms with Gasteiger partial charge in [0.25, 0.3) is 0 Å². The number of aromatic nitrogens is 2. The topological polar surface area (TPSA) is 55.1 Å². The van der Waals surface area contributed by atoms with Gasteiger partial charge in [-0.15, -0.1) is 0 Å². The third kappa shape index (κ3) is 1.91. The van der Waals surface area contributed by atoms with Crippen molar-refractivity contribution in [1.29, 1.82) is 0 Å². The third-order valence-electron chi connectivity index (χ3n) is 4.36. The van der Waals surface area contributed by atoms with Crippen LogP contribution in [0.2, 0.25) is 0 Å². The van der Waals surface area contributed by atoms with Gasteiger partial charge in [-0.05, 0) is 37.0 Å². The Morgan fingerprint density at radius 3 is 2.84 bits per heavy atom. The molecular weight excluding hydrogens is 240 g/mol. The molecule has 4 nitrogen and oxygen atoms in total. The average Bonchev–Trinajstić information content (AvgIpc) is 2.93. The monoisotopic (exact) mass is 258 g/mol. The zero-order valence-corrected chi connectivity index (χ0v) is 11.3. The average molecular weight is 258 g/mol. The minimum absolute atomic E-state index is 0.302. The number of hydrogen-bond donors (Lipinski definition) is 1. The Labute approximate surface area is 112 Å². The molecule has 1 aliphatic rings. The maximum atomic E-state index is 11.0. The number of fused-ring (bicyclic) bond motifs is 1. The van der Waals surface area contributed by atoms with Crippen molar-refractivity contribution in [2.75, 3.05) is 0 Å². The van der Waals surface area contributed by atoms with E-state index in [0.29, 0.717) is 17.4 Å². The minimum Gasteiger partial charge on any atom is -0.478 e. The van der Waals surface area contributed by atoms with Gasteiger partial charge in [0.1, 0.15) is 5.82 Å². The summed E-state index contributed by atoms with van der Waals surface area (Å²) in [5.74, 6) is 1.37. The van der Waals surface area contributed by atoms with E-state index in [-0.39, 0.29) is 0 Å². The Hall–Kier alpha value is -1.84. The molecule has 100 valence electrons. The summed E-state index contributed by atoms with van der Waals surface area (Å²) in [6, 6.07) is 5.17. The normalized spacial score (nSPS) is 23.1. The number of carboxylic acids is 1. The van der Waals surface area contributed by atoms with Crippen LogP contribution in [0.5, 0.6) is 0 Å². The number of imidazole rings is 1. The van der Waals surface area contributed by atoms with Crippen LogP contribution in [-0.4, -0.2) is 20.6 Å². The number of carboxylic acid groups (broad SMARTS) is 1. The molecule has 2 unspecified atom stereocenters. The summed E-state index contributed by atoms with van der Waals surface area (Å²) in [6.07, 6.45) is 3.70. The van der Waals surface area contributed by atoms with Crippen LogP contribution < -0.4 is 0 Å². The maximum Gasteiger partial charge on any atom is 0.335 e. The van der Waals surface area contributed by atoms with Crippen LogP contribution in [-0.2, 0) is 7.05 Å². The van der Waals surface area contributed by atoms with E-state index >= 15 is 0 Å². The molecule has 1 fully saturated rings. The Balaban J connectivity index is 2.11. The van der Waals surface area contributed by atoms with E-state index in [1.807, 2.05) is 13.1 Å². The highest BCUT2D eigenvalue weighted by atomic mass is 16.4. The molecule has 3 rings (SSSR count). The molecule has 2 aromatic rings. The minimum atomic E-state index is -0.900. The van der Waals surface area contributed by atoms with Crippen LogP contribution in [0.25, 0.3) is 11.0 Å². The zero-order valence-electron chi connectivity index (χ0n) is 11.3. The summed E-state index contributed by atoms with van der Waals surface area (Å²) >= 11 is 0. The van der Waals surface area contributed by atoms with Gasteiger partial charge in [0.15, 0.2) is 0 Å². The Morgan fingerprint density at radius 2 is 2.21 bits per heavy atom. The zero-order chi connectivity index (χ0) is 13.6. The molecular formula is C15H18N2O2. The molecule has 1 saturated carbocycles. The summed E-state index contributed by atoms with van der Waals surface area (Å²) in [5, 5.41) is 9.04. The van der Waals surface area contributed by atoms with Gasteiger partial charge in [0.2, 0.25) is 0 Å². The van der Waals surface area contributed by atoms with Crippen molar-refractivity contribution in [3.8, 4) is 0 Å².